The first-order valence-corrected chi connectivity index (χ1v) is 8.20. The lowest BCUT2D eigenvalue weighted by Gasteiger charge is -2.27. The lowest BCUT2D eigenvalue weighted by molar-refractivity contribution is 0.275. The van der Waals surface area contributed by atoms with Gasteiger partial charge in [0.15, 0.2) is 0 Å². The molecule has 0 aliphatic carbocycles. The van der Waals surface area contributed by atoms with Crippen LogP contribution >= 0.6 is 11.8 Å². The van der Waals surface area contributed by atoms with Gasteiger partial charge in [0.1, 0.15) is 0 Å². The van der Waals surface area contributed by atoms with Crippen LogP contribution in [0.4, 0.5) is 11.4 Å². The molecule has 0 saturated carbocycles. The van der Waals surface area contributed by atoms with E-state index in [2.05, 4.69) is 69.4 Å². The zero-order valence-electron chi connectivity index (χ0n) is 11.7. The third-order valence-electron chi connectivity index (χ3n) is 3.89. The van der Waals surface area contributed by atoms with Gasteiger partial charge in [0.2, 0.25) is 0 Å². The maximum absolute atomic E-state index is 3.25. The number of nitrogens with one attached hydrogen (secondary N) is 2. The number of para-hydroxylation sites is 2. The Morgan fingerprint density at radius 3 is 2.90 bits per heavy atom. The van der Waals surface area contributed by atoms with Crippen LogP contribution in [0.15, 0.2) is 53.4 Å². The molecular weight excluding hydrogens is 280 g/mol. The number of hydrogen-bond donors (Lipinski definition) is 2. The molecule has 0 fully saturated rings. The first-order valence-electron chi connectivity index (χ1n) is 7.21. The number of hydrazine groups is 2. The van der Waals surface area contributed by atoms with E-state index < -0.39 is 0 Å². The van der Waals surface area contributed by atoms with Gasteiger partial charge in [0.25, 0.3) is 0 Å². The SMILES string of the molecule is c1ccc2c(c1)CN(CN1NNc3ccccc31)CCS2. The number of thioether (sulfide) groups is 1. The van der Waals surface area contributed by atoms with Crippen LogP contribution in [-0.2, 0) is 6.54 Å². The molecule has 4 rings (SSSR count). The molecule has 2 N–H and O–H groups in total. The molecule has 4 nitrogen and oxygen atoms in total. The first kappa shape index (κ1) is 13.0. The van der Waals surface area contributed by atoms with Crippen molar-refractivity contribution in [2.45, 2.75) is 11.4 Å². The molecule has 2 aliphatic rings. The van der Waals surface area contributed by atoms with Gasteiger partial charge in [-0.3, -0.25) is 9.91 Å². The van der Waals surface area contributed by atoms with Gasteiger partial charge in [-0.05, 0) is 23.8 Å². The minimum Gasteiger partial charge on any atom is -0.302 e. The molecule has 0 unspecified atom stereocenters. The highest BCUT2D eigenvalue weighted by Crippen LogP contribution is 2.30. The second kappa shape index (κ2) is 5.60. The minimum absolute atomic E-state index is 0.874. The number of rotatable bonds is 2. The normalized spacial score (nSPS) is 17.8. The monoisotopic (exact) mass is 298 g/mol. The highest BCUT2D eigenvalue weighted by atomic mass is 32.2. The van der Waals surface area contributed by atoms with E-state index in [-0.39, 0.29) is 0 Å². The van der Waals surface area contributed by atoms with Crippen LogP contribution in [0.3, 0.4) is 0 Å². The fraction of sp³-hybridized carbons (Fsp3) is 0.250. The van der Waals surface area contributed by atoms with Gasteiger partial charge < -0.3 is 5.43 Å². The van der Waals surface area contributed by atoms with Gasteiger partial charge in [0.05, 0.1) is 18.0 Å². The van der Waals surface area contributed by atoms with Crippen LogP contribution in [0, 0.1) is 0 Å². The summed E-state index contributed by atoms with van der Waals surface area (Å²) in [6.07, 6.45) is 0. The third-order valence-corrected chi connectivity index (χ3v) is 4.99. The molecule has 2 aromatic carbocycles. The number of nitrogens with zero attached hydrogens (tertiary/aromatic N) is 2. The Morgan fingerprint density at radius 2 is 1.90 bits per heavy atom. The Bertz CT molecular complexity index is 646. The molecule has 0 radical (unpaired) electrons. The second-order valence-electron chi connectivity index (χ2n) is 5.33. The Hall–Kier alpha value is -1.69. The summed E-state index contributed by atoms with van der Waals surface area (Å²) in [5.74, 6) is 1.14. The largest absolute Gasteiger partial charge is 0.302 e. The van der Waals surface area contributed by atoms with Gasteiger partial charge in [-0.25, -0.2) is 0 Å². The van der Waals surface area contributed by atoms with Crippen molar-refractivity contribution in [3.8, 4) is 0 Å². The Labute approximate surface area is 129 Å². The fourth-order valence-corrected chi connectivity index (χ4v) is 3.88. The molecule has 0 bridgehead atoms. The van der Waals surface area contributed by atoms with Crippen molar-refractivity contribution in [3.05, 3.63) is 54.1 Å². The zero-order valence-corrected chi connectivity index (χ0v) is 12.6. The van der Waals surface area contributed by atoms with Crippen molar-refractivity contribution in [1.29, 1.82) is 0 Å². The van der Waals surface area contributed by atoms with E-state index in [1.54, 1.807) is 0 Å². The summed E-state index contributed by atoms with van der Waals surface area (Å²) in [5.41, 5.74) is 10.2. The average molecular weight is 298 g/mol. The molecule has 2 aliphatic heterocycles. The predicted molar refractivity (Wildman–Crippen MR) is 88.1 cm³/mol. The summed E-state index contributed by atoms with van der Waals surface area (Å²) < 4.78 is 0. The second-order valence-corrected chi connectivity index (χ2v) is 6.47. The number of benzene rings is 2. The summed E-state index contributed by atoms with van der Waals surface area (Å²) >= 11 is 1.96. The predicted octanol–water partition coefficient (Wildman–Crippen LogP) is 2.90. The van der Waals surface area contributed by atoms with Crippen molar-refractivity contribution >= 4 is 23.1 Å². The van der Waals surface area contributed by atoms with E-state index in [9.17, 15) is 0 Å². The Morgan fingerprint density at radius 1 is 1.05 bits per heavy atom. The quantitative estimate of drug-likeness (QED) is 0.890. The Kier molecular flexibility index (Phi) is 3.47. The molecule has 0 aromatic heterocycles. The van der Waals surface area contributed by atoms with E-state index in [0.29, 0.717) is 0 Å². The standard InChI is InChI=1S/C16H18N4S/c1-4-8-16-13(5-1)11-19(9-10-21-16)12-20-15-7-3-2-6-14(15)17-18-20/h1-8,17-18H,9-12H2. The van der Waals surface area contributed by atoms with E-state index in [1.165, 1.54) is 16.1 Å². The van der Waals surface area contributed by atoms with E-state index in [0.717, 1.165) is 31.2 Å². The lowest BCUT2D eigenvalue weighted by atomic mass is 10.2. The van der Waals surface area contributed by atoms with Crippen molar-refractivity contribution in [2.75, 3.05) is 29.4 Å². The molecule has 0 atom stereocenters. The number of hydrogen-bond acceptors (Lipinski definition) is 5. The highest BCUT2D eigenvalue weighted by Gasteiger charge is 2.21. The van der Waals surface area contributed by atoms with Crippen LogP contribution < -0.4 is 16.0 Å². The molecule has 2 heterocycles. The van der Waals surface area contributed by atoms with Gasteiger partial charge in [-0.15, -0.1) is 17.3 Å². The summed E-state index contributed by atoms with van der Waals surface area (Å²) in [6.45, 7) is 2.97. The molecule has 21 heavy (non-hydrogen) atoms. The minimum atomic E-state index is 0.874. The summed E-state index contributed by atoms with van der Waals surface area (Å²) in [4.78, 5) is 3.91. The lowest BCUT2D eigenvalue weighted by Crippen LogP contribution is -2.44. The van der Waals surface area contributed by atoms with Gasteiger partial charge in [-0.2, -0.15) is 0 Å². The maximum Gasteiger partial charge on any atom is 0.0885 e. The molecule has 2 aromatic rings. The van der Waals surface area contributed by atoms with E-state index in [1.807, 2.05) is 11.8 Å². The van der Waals surface area contributed by atoms with Crippen molar-refractivity contribution in [2.24, 2.45) is 0 Å². The molecular formula is C16H18N4S. The van der Waals surface area contributed by atoms with Gasteiger partial charge in [-0.1, -0.05) is 30.3 Å². The highest BCUT2D eigenvalue weighted by molar-refractivity contribution is 7.99. The Balaban J connectivity index is 1.51. The topological polar surface area (TPSA) is 30.5 Å². The van der Waals surface area contributed by atoms with Crippen LogP contribution in [0.25, 0.3) is 0 Å². The third kappa shape index (κ3) is 2.60. The summed E-state index contributed by atoms with van der Waals surface area (Å²) in [6, 6.07) is 17.1. The van der Waals surface area contributed by atoms with Crippen LogP contribution in [0.5, 0.6) is 0 Å². The average Bonchev–Trinajstić information content (AvgIpc) is 2.80. The summed E-state index contributed by atoms with van der Waals surface area (Å²) in [5, 5.41) is 2.17. The van der Waals surface area contributed by atoms with Crippen molar-refractivity contribution in [1.82, 2.24) is 10.4 Å². The van der Waals surface area contributed by atoms with Crippen molar-refractivity contribution in [3.63, 3.8) is 0 Å². The molecule has 0 saturated heterocycles. The molecule has 5 heteroatoms. The van der Waals surface area contributed by atoms with Crippen LogP contribution in [0.1, 0.15) is 5.56 Å². The molecule has 108 valence electrons. The van der Waals surface area contributed by atoms with Crippen molar-refractivity contribution < 1.29 is 0 Å². The van der Waals surface area contributed by atoms with E-state index in [4.69, 9.17) is 0 Å². The zero-order chi connectivity index (χ0) is 14.1. The van der Waals surface area contributed by atoms with Crippen LogP contribution in [0.2, 0.25) is 0 Å². The first-order chi connectivity index (χ1) is 10.4. The van der Waals surface area contributed by atoms with Gasteiger partial charge in [0, 0.05) is 23.7 Å². The van der Waals surface area contributed by atoms with Crippen LogP contribution in [-0.4, -0.2) is 23.9 Å². The maximum atomic E-state index is 3.25. The molecule has 0 amide bonds. The number of fused-ring (bicyclic) bond motifs is 2. The van der Waals surface area contributed by atoms with Gasteiger partial charge >= 0.3 is 0 Å². The van der Waals surface area contributed by atoms with E-state index >= 15 is 0 Å². The summed E-state index contributed by atoms with van der Waals surface area (Å²) in [7, 11) is 0. The number of anilines is 2. The molecule has 0 spiro atoms. The fourth-order valence-electron chi connectivity index (χ4n) is 2.81. The smallest absolute Gasteiger partial charge is 0.0885 e.